The predicted octanol–water partition coefficient (Wildman–Crippen LogP) is 3.24. The molecule has 2 N–H and O–H groups in total. The number of amides is 1. The molecule has 4 aromatic rings. The number of hydrogen-bond donors (Lipinski definition) is 2. The summed E-state index contributed by atoms with van der Waals surface area (Å²) in [6.07, 6.45) is 5.53. The molecule has 168 valence electrons. The second-order valence-electron chi connectivity index (χ2n) is 7.48. The van der Waals surface area contributed by atoms with E-state index in [9.17, 15) is 4.79 Å². The maximum Gasteiger partial charge on any atom is 0.246 e. The molecule has 10 heteroatoms. The molecule has 5 rings (SSSR count). The van der Waals surface area contributed by atoms with E-state index in [1.807, 2.05) is 18.2 Å². The number of hydrogen-bond acceptors (Lipinski definition) is 8. The molecule has 3 heterocycles. The van der Waals surface area contributed by atoms with Crippen molar-refractivity contribution in [3.63, 3.8) is 0 Å². The monoisotopic (exact) mass is 446 g/mol. The maximum absolute atomic E-state index is 12.5. The van der Waals surface area contributed by atoms with Crippen molar-refractivity contribution >= 4 is 28.2 Å². The van der Waals surface area contributed by atoms with Gasteiger partial charge in [0.25, 0.3) is 0 Å². The van der Waals surface area contributed by atoms with Gasteiger partial charge in [-0.15, -0.1) is 0 Å². The van der Waals surface area contributed by atoms with Crippen molar-refractivity contribution in [2.75, 3.05) is 31.4 Å². The SMILES string of the molecule is COc1cc2ncnc(Oc3cnn(CC(=O)Nc4ccc5c(c4)CCN5)c3)c2cc1OC. The number of fused-ring (bicyclic) bond motifs is 2. The number of carbonyl (C=O) groups is 1. The van der Waals surface area contributed by atoms with Crippen LogP contribution in [0.3, 0.4) is 0 Å². The number of nitrogens with zero attached hydrogens (tertiary/aromatic N) is 4. The number of aromatic nitrogens is 4. The first-order chi connectivity index (χ1) is 16.1. The standard InChI is InChI=1S/C23H22N6O4/c1-31-20-8-17-19(9-21(20)32-2)25-13-26-23(17)33-16-10-27-29(11-16)12-22(30)28-15-3-4-18-14(7-15)5-6-24-18/h3-4,7-11,13,24H,5-6,12H2,1-2H3,(H,28,30). The van der Waals surface area contributed by atoms with Crippen LogP contribution < -0.4 is 24.8 Å². The van der Waals surface area contributed by atoms with Crippen LogP contribution in [-0.4, -0.2) is 46.4 Å². The molecule has 33 heavy (non-hydrogen) atoms. The molecular weight excluding hydrogens is 424 g/mol. The van der Waals surface area contributed by atoms with E-state index in [-0.39, 0.29) is 12.5 Å². The molecule has 1 aliphatic rings. The van der Waals surface area contributed by atoms with Gasteiger partial charge in [-0.1, -0.05) is 0 Å². The molecule has 2 aromatic heterocycles. The van der Waals surface area contributed by atoms with E-state index in [1.165, 1.54) is 22.8 Å². The minimum Gasteiger partial charge on any atom is -0.493 e. The minimum atomic E-state index is -0.181. The zero-order valence-corrected chi connectivity index (χ0v) is 18.2. The summed E-state index contributed by atoms with van der Waals surface area (Å²) in [6, 6.07) is 9.37. The van der Waals surface area contributed by atoms with Crippen LogP contribution in [0.15, 0.2) is 49.1 Å². The Labute approximate surface area is 189 Å². The summed E-state index contributed by atoms with van der Waals surface area (Å²) in [7, 11) is 3.12. The third-order valence-corrected chi connectivity index (χ3v) is 5.33. The Balaban J connectivity index is 1.29. The van der Waals surface area contributed by atoms with Crippen LogP contribution in [0.25, 0.3) is 10.9 Å². The Morgan fingerprint density at radius 1 is 1.15 bits per heavy atom. The Morgan fingerprint density at radius 2 is 2.00 bits per heavy atom. The first-order valence-electron chi connectivity index (χ1n) is 10.4. The lowest BCUT2D eigenvalue weighted by Gasteiger charge is -2.10. The van der Waals surface area contributed by atoms with E-state index in [1.54, 1.807) is 32.5 Å². The number of carbonyl (C=O) groups excluding carboxylic acids is 1. The van der Waals surface area contributed by atoms with Crippen molar-refractivity contribution in [2.45, 2.75) is 13.0 Å². The lowest BCUT2D eigenvalue weighted by molar-refractivity contribution is -0.116. The normalized spacial score (nSPS) is 12.2. The van der Waals surface area contributed by atoms with Gasteiger partial charge >= 0.3 is 0 Å². The highest BCUT2D eigenvalue weighted by atomic mass is 16.5. The highest BCUT2D eigenvalue weighted by molar-refractivity contribution is 5.91. The van der Waals surface area contributed by atoms with Crippen LogP contribution in [-0.2, 0) is 17.8 Å². The molecule has 0 unspecified atom stereocenters. The van der Waals surface area contributed by atoms with Crippen molar-refractivity contribution in [1.82, 2.24) is 19.7 Å². The third kappa shape index (κ3) is 4.22. The molecule has 0 saturated carbocycles. The molecule has 0 aliphatic carbocycles. The number of anilines is 2. The first kappa shape index (κ1) is 20.6. The van der Waals surface area contributed by atoms with Gasteiger partial charge in [0, 0.05) is 24.0 Å². The van der Waals surface area contributed by atoms with E-state index in [0.717, 1.165) is 24.3 Å². The zero-order chi connectivity index (χ0) is 22.8. The van der Waals surface area contributed by atoms with Crippen molar-refractivity contribution in [3.05, 3.63) is 54.6 Å². The molecule has 0 spiro atoms. The Kier molecular flexibility index (Phi) is 5.39. The van der Waals surface area contributed by atoms with E-state index in [0.29, 0.717) is 34.0 Å². The zero-order valence-electron chi connectivity index (χ0n) is 18.2. The molecular formula is C23H22N6O4. The average molecular weight is 446 g/mol. The summed E-state index contributed by atoms with van der Waals surface area (Å²) in [5.41, 5.74) is 3.74. The van der Waals surface area contributed by atoms with Crippen molar-refractivity contribution < 1.29 is 19.0 Å². The Morgan fingerprint density at radius 3 is 2.85 bits per heavy atom. The second kappa shape index (κ2) is 8.65. The van der Waals surface area contributed by atoms with Gasteiger partial charge in [-0.2, -0.15) is 5.10 Å². The fraction of sp³-hybridized carbons (Fsp3) is 0.217. The van der Waals surface area contributed by atoms with Crippen LogP contribution in [0.1, 0.15) is 5.56 Å². The topological polar surface area (TPSA) is 112 Å². The fourth-order valence-corrected chi connectivity index (χ4v) is 3.77. The van der Waals surface area contributed by atoms with Gasteiger partial charge in [0.05, 0.1) is 37.5 Å². The van der Waals surface area contributed by atoms with Crippen molar-refractivity contribution in [2.24, 2.45) is 0 Å². The molecule has 1 aliphatic heterocycles. The van der Waals surface area contributed by atoms with E-state index >= 15 is 0 Å². The van der Waals surface area contributed by atoms with Crippen molar-refractivity contribution in [1.29, 1.82) is 0 Å². The van der Waals surface area contributed by atoms with Crippen LogP contribution in [0.5, 0.6) is 23.1 Å². The van der Waals surface area contributed by atoms with Gasteiger partial charge in [0.2, 0.25) is 11.8 Å². The first-order valence-corrected chi connectivity index (χ1v) is 10.4. The number of nitrogens with one attached hydrogen (secondary N) is 2. The summed E-state index contributed by atoms with van der Waals surface area (Å²) in [5.74, 6) is 1.71. The average Bonchev–Trinajstić information content (AvgIpc) is 3.47. The van der Waals surface area contributed by atoms with Gasteiger partial charge in [-0.25, -0.2) is 9.97 Å². The fourth-order valence-electron chi connectivity index (χ4n) is 3.77. The number of ether oxygens (including phenoxy) is 3. The molecule has 0 bridgehead atoms. The summed E-state index contributed by atoms with van der Waals surface area (Å²) < 4.78 is 18.1. The van der Waals surface area contributed by atoms with Crippen LogP contribution in [0.4, 0.5) is 11.4 Å². The largest absolute Gasteiger partial charge is 0.493 e. The predicted molar refractivity (Wildman–Crippen MR) is 122 cm³/mol. The summed E-state index contributed by atoms with van der Waals surface area (Å²) in [5, 5.41) is 11.1. The van der Waals surface area contributed by atoms with Crippen LogP contribution >= 0.6 is 0 Å². The highest BCUT2D eigenvalue weighted by Gasteiger charge is 2.14. The molecule has 0 fully saturated rings. The molecule has 0 atom stereocenters. The van der Waals surface area contributed by atoms with E-state index in [4.69, 9.17) is 14.2 Å². The summed E-state index contributed by atoms with van der Waals surface area (Å²) in [6.45, 7) is 0.971. The molecule has 0 radical (unpaired) electrons. The summed E-state index contributed by atoms with van der Waals surface area (Å²) in [4.78, 5) is 21.0. The maximum atomic E-state index is 12.5. The van der Waals surface area contributed by atoms with Crippen LogP contribution in [0.2, 0.25) is 0 Å². The van der Waals surface area contributed by atoms with Gasteiger partial charge in [0.1, 0.15) is 12.9 Å². The molecule has 0 saturated heterocycles. The lowest BCUT2D eigenvalue weighted by Crippen LogP contribution is -2.19. The highest BCUT2D eigenvalue weighted by Crippen LogP contribution is 2.35. The Bertz CT molecular complexity index is 1340. The third-order valence-electron chi connectivity index (χ3n) is 5.33. The number of rotatable bonds is 7. The van der Waals surface area contributed by atoms with Gasteiger partial charge in [-0.05, 0) is 36.2 Å². The summed E-state index contributed by atoms with van der Waals surface area (Å²) >= 11 is 0. The smallest absolute Gasteiger partial charge is 0.246 e. The molecule has 2 aromatic carbocycles. The van der Waals surface area contributed by atoms with E-state index in [2.05, 4.69) is 25.7 Å². The van der Waals surface area contributed by atoms with Gasteiger partial charge in [0.15, 0.2) is 17.2 Å². The minimum absolute atomic E-state index is 0.0498. The second-order valence-corrected chi connectivity index (χ2v) is 7.48. The van der Waals surface area contributed by atoms with Crippen molar-refractivity contribution in [3.8, 4) is 23.1 Å². The van der Waals surface area contributed by atoms with Gasteiger partial charge < -0.3 is 24.8 Å². The molecule has 10 nitrogen and oxygen atoms in total. The Hall–Kier alpha value is -4.34. The molecule has 1 amide bonds. The number of methoxy groups -OCH3 is 2. The van der Waals surface area contributed by atoms with Gasteiger partial charge in [-0.3, -0.25) is 9.48 Å². The van der Waals surface area contributed by atoms with Crippen LogP contribution in [0, 0.1) is 0 Å². The number of benzene rings is 2. The quantitative estimate of drug-likeness (QED) is 0.445. The van der Waals surface area contributed by atoms with E-state index < -0.39 is 0 Å². The lowest BCUT2D eigenvalue weighted by atomic mass is 10.1.